The first-order valence-electron chi connectivity index (χ1n) is 9.46. The van der Waals surface area contributed by atoms with Gasteiger partial charge in [-0.3, -0.25) is 4.90 Å². The molecule has 0 bridgehead atoms. The molecule has 0 radical (unpaired) electrons. The predicted octanol–water partition coefficient (Wildman–Crippen LogP) is 2.16. The molecule has 1 aliphatic rings. The minimum atomic E-state index is -1.11. The molecule has 1 aliphatic heterocycles. The number of nitrogens with zero attached hydrogens (tertiary/aromatic N) is 2. The Hall–Kier alpha value is -1.53. The highest BCUT2D eigenvalue weighted by Gasteiger charge is 2.27. The quantitative estimate of drug-likeness (QED) is 0.495. The third-order valence-corrected chi connectivity index (χ3v) is 4.80. The SMILES string of the molecule is CCNC(=NCC(C)(O)c1ccco1)NCC(C(C)C)N1CCCC1. The Kier molecular flexibility index (Phi) is 7.32. The fourth-order valence-electron chi connectivity index (χ4n) is 3.30. The summed E-state index contributed by atoms with van der Waals surface area (Å²) in [4.78, 5) is 7.13. The van der Waals surface area contributed by atoms with Gasteiger partial charge in [0.1, 0.15) is 11.4 Å². The van der Waals surface area contributed by atoms with Gasteiger partial charge in [-0.2, -0.15) is 0 Å². The van der Waals surface area contributed by atoms with Crippen molar-refractivity contribution < 1.29 is 9.52 Å². The fraction of sp³-hybridized carbons (Fsp3) is 0.737. The zero-order valence-corrected chi connectivity index (χ0v) is 16.1. The molecule has 0 aliphatic carbocycles. The highest BCUT2D eigenvalue weighted by molar-refractivity contribution is 5.79. The summed E-state index contributed by atoms with van der Waals surface area (Å²) in [6.07, 6.45) is 4.16. The van der Waals surface area contributed by atoms with E-state index in [9.17, 15) is 5.11 Å². The normalized spacial score (nSPS) is 19.8. The molecule has 0 spiro atoms. The lowest BCUT2D eigenvalue weighted by Gasteiger charge is -2.31. The van der Waals surface area contributed by atoms with E-state index >= 15 is 0 Å². The average Bonchev–Trinajstić information content (AvgIpc) is 3.26. The van der Waals surface area contributed by atoms with Crippen molar-refractivity contribution in [2.45, 2.75) is 52.2 Å². The van der Waals surface area contributed by atoms with E-state index in [0.29, 0.717) is 17.7 Å². The molecular formula is C19H34N4O2. The summed E-state index contributed by atoms with van der Waals surface area (Å²) in [6.45, 7) is 12.6. The van der Waals surface area contributed by atoms with Gasteiger partial charge in [0.05, 0.1) is 12.8 Å². The van der Waals surface area contributed by atoms with Crippen molar-refractivity contribution in [3.63, 3.8) is 0 Å². The first kappa shape index (κ1) is 19.8. The van der Waals surface area contributed by atoms with E-state index in [0.717, 1.165) is 19.0 Å². The lowest BCUT2D eigenvalue weighted by Crippen LogP contribution is -2.48. The molecule has 1 aromatic heterocycles. The van der Waals surface area contributed by atoms with Crippen molar-refractivity contribution in [3.8, 4) is 0 Å². The number of likely N-dealkylation sites (tertiary alicyclic amines) is 1. The highest BCUT2D eigenvalue weighted by Crippen LogP contribution is 2.21. The summed E-state index contributed by atoms with van der Waals surface area (Å²) >= 11 is 0. The smallest absolute Gasteiger partial charge is 0.191 e. The zero-order chi connectivity index (χ0) is 18.3. The van der Waals surface area contributed by atoms with Gasteiger partial charge in [0.15, 0.2) is 5.96 Å². The Morgan fingerprint density at radius 1 is 1.36 bits per heavy atom. The first-order valence-corrected chi connectivity index (χ1v) is 9.46. The maximum absolute atomic E-state index is 10.6. The van der Waals surface area contributed by atoms with Gasteiger partial charge in [-0.15, -0.1) is 0 Å². The van der Waals surface area contributed by atoms with Crippen LogP contribution in [-0.4, -0.2) is 54.7 Å². The number of aliphatic hydroxyl groups is 1. The van der Waals surface area contributed by atoms with Gasteiger partial charge in [-0.1, -0.05) is 13.8 Å². The van der Waals surface area contributed by atoms with E-state index in [2.05, 4.69) is 34.4 Å². The fourth-order valence-corrected chi connectivity index (χ4v) is 3.30. The number of furan rings is 1. The molecule has 6 heteroatoms. The number of hydrogen-bond donors (Lipinski definition) is 3. The number of aliphatic imine (C=N–C) groups is 1. The minimum Gasteiger partial charge on any atom is -0.466 e. The van der Waals surface area contributed by atoms with E-state index in [1.54, 1.807) is 25.3 Å². The molecule has 2 heterocycles. The number of hydrogen-bond acceptors (Lipinski definition) is 4. The van der Waals surface area contributed by atoms with Crippen molar-refractivity contribution in [2.75, 3.05) is 32.7 Å². The standard InChI is InChI=1S/C19H34N4O2/c1-5-20-18(22-14-19(4,24)17-9-8-12-25-17)21-13-16(15(2)3)23-10-6-7-11-23/h8-9,12,15-16,24H,5-7,10-11,13-14H2,1-4H3,(H2,20,21,22). The molecule has 0 amide bonds. The molecule has 6 nitrogen and oxygen atoms in total. The summed E-state index contributed by atoms with van der Waals surface area (Å²) in [5.41, 5.74) is -1.11. The Morgan fingerprint density at radius 3 is 2.64 bits per heavy atom. The van der Waals surface area contributed by atoms with Crippen LogP contribution >= 0.6 is 0 Å². The van der Waals surface area contributed by atoms with Gasteiger partial charge >= 0.3 is 0 Å². The van der Waals surface area contributed by atoms with Gasteiger partial charge in [-0.05, 0) is 57.8 Å². The zero-order valence-electron chi connectivity index (χ0n) is 16.1. The Bertz CT molecular complexity index is 520. The average molecular weight is 351 g/mol. The summed E-state index contributed by atoms with van der Waals surface area (Å²) < 4.78 is 5.32. The molecule has 0 aromatic carbocycles. The van der Waals surface area contributed by atoms with Gasteiger partial charge in [0.25, 0.3) is 0 Å². The Morgan fingerprint density at radius 2 is 2.08 bits per heavy atom. The van der Waals surface area contributed by atoms with Crippen molar-refractivity contribution in [1.82, 2.24) is 15.5 Å². The molecule has 1 fully saturated rings. The monoisotopic (exact) mass is 350 g/mol. The molecule has 25 heavy (non-hydrogen) atoms. The van der Waals surface area contributed by atoms with E-state index < -0.39 is 5.60 Å². The molecule has 2 rings (SSSR count). The highest BCUT2D eigenvalue weighted by atomic mass is 16.4. The maximum Gasteiger partial charge on any atom is 0.191 e. The van der Waals surface area contributed by atoms with Crippen LogP contribution in [0, 0.1) is 5.92 Å². The Labute approximate surface area is 151 Å². The van der Waals surface area contributed by atoms with Crippen molar-refractivity contribution >= 4 is 5.96 Å². The van der Waals surface area contributed by atoms with E-state index in [1.165, 1.54) is 25.9 Å². The van der Waals surface area contributed by atoms with Gasteiger partial charge in [-0.25, -0.2) is 4.99 Å². The molecule has 142 valence electrons. The van der Waals surface area contributed by atoms with E-state index in [-0.39, 0.29) is 6.54 Å². The topological polar surface area (TPSA) is 73.0 Å². The molecule has 2 unspecified atom stereocenters. The van der Waals surface area contributed by atoms with E-state index in [1.807, 2.05) is 6.92 Å². The third-order valence-electron chi connectivity index (χ3n) is 4.80. The maximum atomic E-state index is 10.6. The van der Waals surface area contributed by atoms with Crippen LogP contribution in [0.5, 0.6) is 0 Å². The van der Waals surface area contributed by atoms with Crippen LogP contribution < -0.4 is 10.6 Å². The second-order valence-corrected chi connectivity index (χ2v) is 7.38. The summed E-state index contributed by atoms with van der Waals surface area (Å²) in [6, 6.07) is 4.05. The van der Waals surface area contributed by atoms with Crippen molar-refractivity contribution in [1.29, 1.82) is 0 Å². The van der Waals surface area contributed by atoms with Crippen LogP contribution in [0.4, 0.5) is 0 Å². The lowest BCUT2D eigenvalue weighted by atomic mass is 10.0. The van der Waals surface area contributed by atoms with Gasteiger partial charge in [0, 0.05) is 19.1 Å². The largest absolute Gasteiger partial charge is 0.466 e. The van der Waals surface area contributed by atoms with Crippen LogP contribution in [0.25, 0.3) is 0 Å². The van der Waals surface area contributed by atoms with Crippen LogP contribution in [0.2, 0.25) is 0 Å². The molecule has 2 atom stereocenters. The third kappa shape index (κ3) is 5.75. The van der Waals surface area contributed by atoms with Crippen LogP contribution in [0.1, 0.15) is 46.3 Å². The lowest BCUT2D eigenvalue weighted by molar-refractivity contribution is 0.0436. The van der Waals surface area contributed by atoms with Crippen LogP contribution in [0.15, 0.2) is 27.8 Å². The molecule has 1 aromatic rings. The van der Waals surface area contributed by atoms with E-state index in [4.69, 9.17) is 4.42 Å². The number of nitrogens with one attached hydrogen (secondary N) is 2. The number of guanidine groups is 1. The second kappa shape index (κ2) is 9.25. The van der Waals surface area contributed by atoms with Crippen LogP contribution in [-0.2, 0) is 5.60 Å². The predicted molar refractivity (Wildman–Crippen MR) is 102 cm³/mol. The Balaban J connectivity index is 1.96. The molecule has 3 N–H and O–H groups in total. The van der Waals surface area contributed by atoms with Crippen molar-refractivity contribution in [3.05, 3.63) is 24.2 Å². The molecule has 1 saturated heterocycles. The second-order valence-electron chi connectivity index (χ2n) is 7.38. The van der Waals surface area contributed by atoms with Crippen molar-refractivity contribution in [2.24, 2.45) is 10.9 Å². The summed E-state index contributed by atoms with van der Waals surface area (Å²) in [5.74, 6) is 1.85. The minimum absolute atomic E-state index is 0.242. The molecule has 0 saturated carbocycles. The summed E-state index contributed by atoms with van der Waals surface area (Å²) in [7, 11) is 0. The molecular weight excluding hydrogens is 316 g/mol. The van der Waals surface area contributed by atoms with Gasteiger partial charge in [0.2, 0.25) is 0 Å². The number of rotatable bonds is 8. The van der Waals surface area contributed by atoms with Crippen LogP contribution in [0.3, 0.4) is 0 Å². The first-order chi connectivity index (χ1) is 11.9. The summed E-state index contributed by atoms with van der Waals surface area (Å²) in [5, 5.41) is 17.3. The van der Waals surface area contributed by atoms with Gasteiger partial charge < -0.3 is 20.2 Å².